The molecule has 160 valence electrons. The third kappa shape index (κ3) is 4.75. The van der Waals surface area contributed by atoms with Crippen molar-refractivity contribution in [3.8, 4) is 22.8 Å². The van der Waals surface area contributed by atoms with Crippen LogP contribution in [0.25, 0.3) is 11.3 Å². The molecule has 1 aliphatic heterocycles. The van der Waals surface area contributed by atoms with Crippen LogP contribution in [0.1, 0.15) is 10.4 Å². The minimum absolute atomic E-state index is 0.233. The van der Waals surface area contributed by atoms with Gasteiger partial charge in [-0.3, -0.25) is 4.79 Å². The van der Waals surface area contributed by atoms with Gasteiger partial charge in [0.05, 0.1) is 33.1 Å². The van der Waals surface area contributed by atoms with Crippen molar-refractivity contribution in [3.63, 3.8) is 0 Å². The minimum atomic E-state index is -0.233. The SMILES string of the molecule is COc1ccc(C(=O)Nc2ccc(-c3ccc(N4CCOCC4)nn3)cc2)cc1OC. The number of carbonyl (C=O) groups excluding carboxylic acids is 1. The van der Waals surface area contributed by atoms with Gasteiger partial charge in [0.25, 0.3) is 5.91 Å². The molecule has 0 spiro atoms. The zero-order chi connectivity index (χ0) is 21.6. The fourth-order valence-electron chi connectivity index (χ4n) is 3.35. The third-order valence-corrected chi connectivity index (χ3v) is 5.07. The number of carbonyl (C=O) groups is 1. The molecular formula is C23H24N4O4. The number of nitrogens with one attached hydrogen (secondary N) is 1. The van der Waals surface area contributed by atoms with E-state index in [1.54, 1.807) is 25.3 Å². The predicted octanol–water partition coefficient (Wildman–Crippen LogP) is 3.25. The summed E-state index contributed by atoms with van der Waals surface area (Å²) in [6.07, 6.45) is 0. The zero-order valence-electron chi connectivity index (χ0n) is 17.5. The van der Waals surface area contributed by atoms with E-state index >= 15 is 0 Å². The van der Waals surface area contributed by atoms with Crippen molar-refractivity contribution >= 4 is 17.4 Å². The van der Waals surface area contributed by atoms with Gasteiger partial charge >= 0.3 is 0 Å². The van der Waals surface area contributed by atoms with Crippen molar-refractivity contribution in [3.05, 3.63) is 60.2 Å². The Balaban J connectivity index is 1.43. The molecule has 1 fully saturated rings. The number of ether oxygens (including phenoxy) is 3. The van der Waals surface area contributed by atoms with Crippen molar-refractivity contribution in [2.24, 2.45) is 0 Å². The highest BCUT2D eigenvalue weighted by molar-refractivity contribution is 6.04. The quantitative estimate of drug-likeness (QED) is 0.655. The van der Waals surface area contributed by atoms with Crippen molar-refractivity contribution in [1.29, 1.82) is 0 Å². The van der Waals surface area contributed by atoms with E-state index in [2.05, 4.69) is 20.4 Å². The van der Waals surface area contributed by atoms with E-state index in [1.165, 1.54) is 7.11 Å². The molecule has 0 saturated carbocycles. The Morgan fingerprint density at radius 3 is 2.32 bits per heavy atom. The highest BCUT2D eigenvalue weighted by Gasteiger charge is 2.14. The summed E-state index contributed by atoms with van der Waals surface area (Å²) in [4.78, 5) is 14.7. The first-order valence-electron chi connectivity index (χ1n) is 9.98. The number of amides is 1. The predicted molar refractivity (Wildman–Crippen MR) is 118 cm³/mol. The minimum Gasteiger partial charge on any atom is -0.493 e. The van der Waals surface area contributed by atoms with Crippen LogP contribution in [-0.2, 0) is 4.74 Å². The molecule has 0 bridgehead atoms. The average Bonchev–Trinajstić information content (AvgIpc) is 2.84. The summed E-state index contributed by atoms with van der Waals surface area (Å²) in [5.41, 5.74) is 2.85. The van der Waals surface area contributed by atoms with Crippen LogP contribution in [-0.4, -0.2) is 56.6 Å². The second-order valence-electron chi connectivity index (χ2n) is 6.98. The lowest BCUT2D eigenvalue weighted by Gasteiger charge is -2.27. The average molecular weight is 420 g/mol. The number of benzene rings is 2. The molecule has 31 heavy (non-hydrogen) atoms. The molecule has 3 aromatic rings. The van der Waals surface area contributed by atoms with Gasteiger partial charge in [-0.15, -0.1) is 10.2 Å². The fraction of sp³-hybridized carbons (Fsp3) is 0.261. The van der Waals surface area contributed by atoms with E-state index in [1.807, 2.05) is 36.4 Å². The van der Waals surface area contributed by atoms with Crippen LogP contribution in [0.2, 0.25) is 0 Å². The normalized spacial score (nSPS) is 13.5. The Hall–Kier alpha value is -3.65. The molecule has 0 radical (unpaired) electrons. The van der Waals surface area contributed by atoms with Crippen LogP contribution < -0.4 is 19.7 Å². The van der Waals surface area contributed by atoms with Gasteiger partial charge in [0.15, 0.2) is 17.3 Å². The van der Waals surface area contributed by atoms with Gasteiger partial charge < -0.3 is 24.4 Å². The van der Waals surface area contributed by atoms with Gasteiger partial charge in [0, 0.05) is 29.9 Å². The summed E-state index contributed by atoms with van der Waals surface area (Å²) in [7, 11) is 3.09. The molecule has 1 amide bonds. The largest absolute Gasteiger partial charge is 0.493 e. The summed E-state index contributed by atoms with van der Waals surface area (Å²) < 4.78 is 15.8. The van der Waals surface area contributed by atoms with Crippen LogP contribution in [0.3, 0.4) is 0 Å². The van der Waals surface area contributed by atoms with Crippen molar-refractivity contribution in [2.45, 2.75) is 0 Å². The molecular weight excluding hydrogens is 396 g/mol. The highest BCUT2D eigenvalue weighted by Crippen LogP contribution is 2.28. The monoisotopic (exact) mass is 420 g/mol. The van der Waals surface area contributed by atoms with Gasteiger partial charge in [-0.05, 0) is 42.5 Å². The van der Waals surface area contributed by atoms with Gasteiger partial charge in [-0.2, -0.15) is 0 Å². The summed E-state index contributed by atoms with van der Waals surface area (Å²) in [5.74, 6) is 1.70. The lowest BCUT2D eigenvalue weighted by Crippen LogP contribution is -2.36. The van der Waals surface area contributed by atoms with Gasteiger partial charge in [0.1, 0.15) is 0 Å². The molecule has 0 aliphatic carbocycles. The Bertz CT molecular complexity index is 1030. The molecule has 0 atom stereocenters. The Labute approximate surface area is 180 Å². The van der Waals surface area contributed by atoms with Gasteiger partial charge in [-0.25, -0.2) is 0 Å². The Kier molecular flexibility index (Phi) is 6.28. The molecule has 8 heteroatoms. The Morgan fingerprint density at radius 2 is 1.68 bits per heavy atom. The van der Waals surface area contributed by atoms with Crippen molar-refractivity contribution < 1.29 is 19.0 Å². The maximum absolute atomic E-state index is 12.6. The smallest absolute Gasteiger partial charge is 0.255 e. The van der Waals surface area contributed by atoms with Crippen molar-refractivity contribution in [2.75, 3.05) is 50.7 Å². The van der Waals surface area contributed by atoms with Crippen LogP contribution >= 0.6 is 0 Å². The number of hydrogen-bond donors (Lipinski definition) is 1. The first-order valence-corrected chi connectivity index (χ1v) is 9.98. The topological polar surface area (TPSA) is 85.8 Å². The maximum Gasteiger partial charge on any atom is 0.255 e. The molecule has 0 unspecified atom stereocenters. The van der Waals surface area contributed by atoms with E-state index in [9.17, 15) is 4.79 Å². The molecule has 2 heterocycles. The molecule has 8 nitrogen and oxygen atoms in total. The zero-order valence-corrected chi connectivity index (χ0v) is 17.5. The van der Waals surface area contributed by atoms with Crippen LogP contribution in [0.5, 0.6) is 11.5 Å². The molecule has 1 aromatic heterocycles. The second-order valence-corrected chi connectivity index (χ2v) is 6.98. The summed E-state index contributed by atoms with van der Waals surface area (Å²) >= 11 is 0. The molecule has 4 rings (SSSR count). The van der Waals surface area contributed by atoms with E-state index < -0.39 is 0 Å². The first kappa shape index (κ1) is 20.6. The number of methoxy groups -OCH3 is 2. The summed E-state index contributed by atoms with van der Waals surface area (Å²) in [6.45, 7) is 3.06. The van der Waals surface area contributed by atoms with Gasteiger partial charge in [0.2, 0.25) is 0 Å². The van der Waals surface area contributed by atoms with Crippen LogP contribution in [0.4, 0.5) is 11.5 Å². The van der Waals surface area contributed by atoms with Crippen LogP contribution in [0.15, 0.2) is 54.6 Å². The number of rotatable bonds is 6. The highest BCUT2D eigenvalue weighted by atomic mass is 16.5. The lowest BCUT2D eigenvalue weighted by molar-refractivity contribution is 0.102. The van der Waals surface area contributed by atoms with Crippen molar-refractivity contribution in [1.82, 2.24) is 10.2 Å². The van der Waals surface area contributed by atoms with E-state index in [-0.39, 0.29) is 5.91 Å². The maximum atomic E-state index is 12.6. The number of hydrogen-bond acceptors (Lipinski definition) is 7. The lowest BCUT2D eigenvalue weighted by atomic mass is 10.1. The number of nitrogens with zero attached hydrogens (tertiary/aromatic N) is 3. The summed E-state index contributed by atoms with van der Waals surface area (Å²) in [6, 6.07) is 16.5. The molecule has 1 aliphatic rings. The third-order valence-electron chi connectivity index (χ3n) is 5.07. The molecule has 1 N–H and O–H groups in total. The number of anilines is 2. The first-order chi connectivity index (χ1) is 15.2. The number of morpholine rings is 1. The molecule has 1 saturated heterocycles. The Morgan fingerprint density at radius 1 is 0.935 bits per heavy atom. The number of aromatic nitrogens is 2. The fourth-order valence-corrected chi connectivity index (χ4v) is 3.35. The van der Waals surface area contributed by atoms with E-state index in [4.69, 9.17) is 14.2 Å². The van der Waals surface area contributed by atoms with E-state index in [0.29, 0.717) is 36.0 Å². The van der Waals surface area contributed by atoms with Crippen LogP contribution in [0, 0.1) is 0 Å². The summed E-state index contributed by atoms with van der Waals surface area (Å²) in [5, 5.41) is 11.6. The van der Waals surface area contributed by atoms with Gasteiger partial charge in [-0.1, -0.05) is 12.1 Å². The standard InChI is InChI=1S/C23H24N4O4/c1-29-20-9-5-17(15-21(20)30-2)23(28)24-18-6-3-16(4-7-18)19-8-10-22(26-25-19)27-11-13-31-14-12-27/h3-10,15H,11-14H2,1-2H3,(H,24,28). The van der Waals surface area contributed by atoms with E-state index in [0.717, 1.165) is 30.2 Å². The second kappa shape index (κ2) is 9.44. The molecule has 2 aromatic carbocycles.